The lowest BCUT2D eigenvalue weighted by Crippen LogP contribution is -1.95. The molecular formula is C13H7ClN4OS. The minimum atomic E-state index is 0.458. The van der Waals surface area contributed by atoms with E-state index in [2.05, 4.69) is 27.7 Å². The Labute approximate surface area is 123 Å². The molecule has 0 saturated heterocycles. The Morgan fingerprint density at radius 2 is 2.10 bits per heavy atom. The number of aromatic nitrogens is 4. The molecule has 5 nitrogen and oxygen atoms in total. The van der Waals surface area contributed by atoms with Crippen molar-refractivity contribution in [2.75, 3.05) is 0 Å². The first-order valence-corrected chi connectivity index (χ1v) is 6.64. The molecular weight excluding hydrogens is 296 g/mol. The van der Waals surface area contributed by atoms with Gasteiger partial charge in [-0.3, -0.25) is 0 Å². The van der Waals surface area contributed by atoms with Crippen LogP contribution in [0.4, 0.5) is 0 Å². The van der Waals surface area contributed by atoms with Crippen molar-refractivity contribution < 1.29 is 4.42 Å². The predicted molar refractivity (Wildman–Crippen MR) is 78.3 cm³/mol. The summed E-state index contributed by atoms with van der Waals surface area (Å²) in [6.07, 6.45) is 1.58. The van der Waals surface area contributed by atoms with Gasteiger partial charge in [-0.15, -0.1) is 17.7 Å². The first-order valence-electron chi connectivity index (χ1n) is 5.81. The lowest BCUT2D eigenvalue weighted by Gasteiger charge is -2.01. The van der Waals surface area contributed by atoms with Crippen LogP contribution in [0.15, 0.2) is 46.2 Å². The van der Waals surface area contributed by atoms with E-state index in [0.717, 1.165) is 10.9 Å². The molecule has 4 rings (SSSR count). The highest BCUT2D eigenvalue weighted by Crippen LogP contribution is 2.25. The van der Waals surface area contributed by atoms with Crippen LogP contribution >= 0.6 is 24.2 Å². The third kappa shape index (κ3) is 1.69. The fraction of sp³-hybridized carbons (Fsp3) is 0. The molecule has 4 aromatic rings. The van der Waals surface area contributed by atoms with Gasteiger partial charge in [-0.1, -0.05) is 11.6 Å². The number of rotatable bonds is 1. The van der Waals surface area contributed by atoms with E-state index in [0.29, 0.717) is 27.4 Å². The number of furan rings is 1. The Kier molecular flexibility index (Phi) is 2.48. The molecule has 0 atom stereocenters. The maximum Gasteiger partial charge on any atom is 0.218 e. The van der Waals surface area contributed by atoms with Crippen molar-refractivity contribution in [1.29, 1.82) is 0 Å². The molecule has 0 radical (unpaired) electrons. The second kappa shape index (κ2) is 4.22. The maximum atomic E-state index is 6.04. The van der Waals surface area contributed by atoms with E-state index >= 15 is 0 Å². The molecule has 0 amide bonds. The Morgan fingerprint density at radius 3 is 2.90 bits per heavy atom. The smallest absolute Gasteiger partial charge is 0.218 e. The van der Waals surface area contributed by atoms with Gasteiger partial charge in [0.05, 0.1) is 11.8 Å². The van der Waals surface area contributed by atoms with Gasteiger partial charge in [-0.05, 0) is 30.3 Å². The molecule has 7 heteroatoms. The number of halogens is 1. The number of hydrogen-bond acceptors (Lipinski definition) is 5. The van der Waals surface area contributed by atoms with Crippen LogP contribution in [0.1, 0.15) is 0 Å². The van der Waals surface area contributed by atoms with E-state index in [1.165, 1.54) is 0 Å². The third-order valence-electron chi connectivity index (χ3n) is 2.96. The van der Waals surface area contributed by atoms with Gasteiger partial charge in [0.25, 0.3) is 0 Å². The summed E-state index contributed by atoms with van der Waals surface area (Å²) in [7, 11) is 0. The number of nitrogens with zero attached hydrogens (tertiary/aromatic N) is 4. The van der Waals surface area contributed by atoms with E-state index < -0.39 is 0 Å². The molecule has 0 saturated carbocycles. The van der Waals surface area contributed by atoms with E-state index in [1.807, 2.05) is 12.1 Å². The van der Waals surface area contributed by atoms with Crippen molar-refractivity contribution in [2.24, 2.45) is 0 Å². The van der Waals surface area contributed by atoms with Crippen LogP contribution in [0.2, 0.25) is 5.02 Å². The summed E-state index contributed by atoms with van der Waals surface area (Å²) in [5, 5.41) is 6.26. The second-order valence-electron chi connectivity index (χ2n) is 4.22. The van der Waals surface area contributed by atoms with Crippen LogP contribution in [0.5, 0.6) is 0 Å². The normalized spacial score (nSPS) is 11.5. The fourth-order valence-electron chi connectivity index (χ4n) is 2.08. The fourth-order valence-corrected chi connectivity index (χ4v) is 2.50. The Morgan fingerprint density at radius 1 is 1.20 bits per heavy atom. The topological polar surface area (TPSA) is 56.2 Å². The van der Waals surface area contributed by atoms with Gasteiger partial charge in [0.15, 0.2) is 16.6 Å². The molecule has 1 aromatic carbocycles. The van der Waals surface area contributed by atoms with Crippen LogP contribution in [0, 0.1) is 0 Å². The third-order valence-corrected chi connectivity index (χ3v) is 3.48. The van der Waals surface area contributed by atoms with Crippen LogP contribution < -0.4 is 0 Å². The first kappa shape index (κ1) is 11.7. The molecule has 0 N–H and O–H groups in total. The van der Waals surface area contributed by atoms with Crippen molar-refractivity contribution in [2.45, 2.75) is 5.16 Å². The summed E-state index contributed by atoms with van der Waals surface area (Å²) >= 11 is 10.4. The Hall–Kier alpha value is -2.05. The minimum absolute atomic E-state index is 0.458. The molecule has 0 bridgehead atoms. The van der Waals surface area contributed by atoms with Gasteiger partial charge in [-0.2, -0.15) is 4.52 Å². The Balaban J connectivity index is 2.12. The SMILES string of the molecule is Sc1nc2ccc(Cl)cc2c2nc(-c3ccco3)nn12. The zero-order valence-corrected chi connectivity index (χ0v) is 11.6. The molecule has 3 aromatic heterocycles. The molecule has 0 aliphatic carbocycles. The summed E-state index contributed by atoms with van der Waals surface area (Å²) in [5.41, 5.74) is 1.42. The van der Waals surface area contributed by atoms with Crippen molar-refractivity contribution in [3.8, 4) is 11.6 Å². The van der Waals surface area contributed by atoms with Crippen LogP contribution in [-0.4, -0.2) is 19.6 Å². The summed E-state index contributed by atoms with van der Waals surface area (Å²) in [5.74, 6) is 1.08. The van der Waals surface area contributed by atoms with Crippen molar-refractivity contribution in [3.05, 3.63) is 41.6 Å². The number of thiol groups is 1. The lowest BCUT2D eigenvalue weighted by atomic mass is 10.2. The standard InChI is InChI=1S/C13H7ClN4OS/c14-7-3-4-9-8(6-7)12-16-11(10-2-1-5-19-10)17-18(12)13(20)15-9/h1-6H,(H,15,20). The molecule has 0 spiro atoms. The van der Waals surface area contributed by atoms with E-state index in [9.17, 15) is 0 Å². The zero-order valence-electron chi connectivity index (χ0n) is 9.99. The molecule has 0 aliphatic rings. The van der Waals surface area contributed by atoms with E-state index in [1.54, 1.807) is 29.0 Å². The quantitative estimate of drug-likeness (QED) is 0.432. The summed E-state index contributed by atoms with van der Waals surface area (Å²) < 4.78 is 6.88. The first-order chi connectivity index (χ1) is 9.72. The highest BCUT2D eigenvalue weighted by Gasteiger charge is 2.14. The van der Waals surface area contributed by atoms with Gasteiger partial charge in [0, 0.05) is 10.4 Å². The minimum Gasteiger partial charge on any atom is -0.461 e. The van der Waals surface area contributed by atoms with Crippen LogP contribution in [0.3, 0.4) is 0 Å². The van der Waals surface area contributed by atoms with Gasteiger partial charge in [0.2, 0.25) is 5.82 Å². The van der Waals surface area contributed by atoms with Gasteiger partial charge in [0.1, 0.15) is 0 Å². The van der Waals surface area contributed by atoms with Crippen LogP contribution in [0.25, 0.3) is 28.1 Å². The Bertz CT molecular complexity index is 933. The zero-order chi connectivity index (χ0) is 13.7. The highest BCUT2D eigenvalue weighted by molar-refractivity contribution is 7.80. The molecule has 20 heavy (non-hydrogen) atoms. The van der Waals surface area contributed by atoms with E-state index in [-0.39, 0.29) is 0 Å². The number of fused-ring (bicyclic) bond motifs is 3. The summed E-state index contributed by atoms with van der Waals surface area (Å²) in [6.45, 7) is 0. The molecule has 3 heterocycles. The van der Waals surface area contributed by atoms with E-state index in [4.69, 9.17) is 16.0 Å². The number of benzene rings is 1. The van der Waals surface area contributed by atoms with Crippen molar-refractivity contribution in [1.82, 2.24) is 19.6 Å². The van der Waals surface area contributed by atoms with Gasteiger partial charge in [-0.25, -0.2) is 9.97 Å². The summed E-state index contributed by atoms with van der Waals surface area (Å²) in [6, 6.07) is 9.02. The summed E-state index contributed by atoms with van der Waals surface area (Å²) in [4.78, 5) is 8.87. The maximum absolute atomic E-state index is 6.04. The second-order valence-corrected chi connectivity index (χ2v) is 5.06. The van der Waals surface area contributed by atoms with Crippen molar-refractivity contribution >= 4 is 40.8 Å². The van der Waals surface area contributed by atoms with Gasteiger partial charge < -0.3 is 4.42 Å². The highest BCUT2D eigenvalue weighted by atomic mass is 35.5. The van der Waals surface area contributed by atoms with Crippen molar-refractivity contribution in [3.63, 3.8) is 0 Å². The molecule has 0 fully saturated rings. The number of hydrogen-bond donors (Lipinski definition) is 1. The molecule has 98 valence electrons. The molecule has 0 aliphatic heterocycles. The predicted octanol–water partition coefficient (Wildman–Crippen LogP) is 3.48. The average Bonchev–Trinajstić information content (AvgIpc) is 3.08. The van der Waals surface area contributed by atoms with Crippen LogP contribution in [-0.2, 0) is 0 Å². The largest absolute Gasteiger partial charge is 0.461 e. The monoisotopic (exact) mass is 302 g/mol. The van der Waals surface area contributed by atoms with Gasteiger partial charge >= 0.3 is 0 Å². The average molecular weight is 303 g/mol. The molecule has 0 unspecified atom stereocenters. The lowest BCUT2D eigenvalue weighted by molar-refractivity contribution is 0.576.